The van der Waals surface area contributed by atoms with E-state index in [1.807, 2.05) is 49.4 Å². The number of para-hydroxylation sites is 2. The second-order valence-electron chi connectivity index (χ2n) is 6.26. The van der Waals surface area contributed by atoms with E-state index in [1.54, 1.807) is 24.3 Å². The SMILES string of the molecule is CCCOc1ccccc1CN(c1ccccc1)S(=O)(=O)c1ccc(Cl)cc1. The number of hydrogen-bond donors (Lipinski definition) is 0. The van der Waals surface area contributed by atoms with Gasteiger partial charge in [-0.3, -0.25) is 4.31 Å². The first-order valence-electron chi connectivity index (χ1n) is 9.06. The van der Waals surface area contributed by atoms with Crippen molar-refractivity contribution in [1.29, 1.82) is 0 Å². The maximum absolute atomic E-state index is 13.4. The molecule has 0 saturated heterocycles. The Morgan fingerprint density at radius 2 is 1.54 bits per heavy atom. The van der Waals surface area contributed by atoms with E-state index in [0.717, 1.165) is 12.0 Å². The molecule has 0 unspecified atom stereocenters. The molecule has 0 bridgehead atoms. The fraction of sp³-hybridized carbons (Fsp3) is 0.182. The van der Waals surface area contributed by atoms with Gasteiger partial charge in [-0.1, -0.05) is 54.9 Å². The Bertz CT molecular complexity index is 1010. The summed E-state index contributed by atoms with van der Waals surface area (Å²) in [5.41, 5.74) is 1.39. The molecule has 0 saturated carbocycles. The van der Waals surface area contributed by atoms with Crippen molar-refractivity contribution in [2.45, 2.75) is 24.8 Å². The van der Waals surface area contributed by atoms with Gasteiger partial charge in [0.25, 0.3) is 10.0 Å². The maximum Gasteiger partial charge on any atom is 0.264 e. The molecule has 28 heavy (non-hydrogen) atoms. The molecule has 0 amide bonds. The van der Waals surface area contributed by atoms with Gasteiger partial charge < -0.3 is 4.74 Å². The molecule has 0 aliphatic rings. The average molecular weight is 416 g/mol. The van der Waals surface area contributed by atoms with Crippen LogP contribution in [0, 0.1) is 0 Å². The van der Waals surface area contributed by atoms with Crippen molar-refractivity contribution in [1.82, 2.24) is 0 Å². The predicted octanol–water partition coefficient (Wildman–Crippen LogP) is 5.52. The fourth-order valence-corrected chi connectivity index (χ4v) is 4.35. The van der Waals surface area contributed by atoms with E-state index in [9.17, 15) is 8.42 Å². The van der Waals surface area contributed by atoms with Gasteiger partial charge >= 0.3 is 0 Å². The number of sulfonamides is 1. The van der Waals surface area contributed by atoms with Gasteiger partial charge in [0.15, 0.2) is 0 Å². The van der Waals surface area contributed by atoms with Crippen molar-refractivity contribution < 1.29 is 13.2 Å². The smallest absolute Gasteiger partial charge is 0.264 e. The lowest BCUT2D eigenvalue weighted by Gasteiger charge is -2.25. The summed E-state index contributed by atoms with van der Waals surface area (Å²) in [4.78, 5) is 0.188. The fourth-order valence-electron chi connectivity index (χ4n) is 2.79. The summed E-state index contributed by atoms with van der Waals surface area (Å²) in [7, 11) is -3.79. The molecule has 6 heteroatoms. The summed E-state index contributed by atoms with van der Waals surface area (Å²) >= 11 is 5.93. The van der Waals surface area contributed by atoms with Crippen LogP contribution in [0.2, 0.25) is 5.02 Å². The van der Waals surface area contributed by atoms with Crippen molar-refractivity contribution in [3.05, 3.63) is 89.4 Å². The van der Waals surface area contributed by atoms with Crippen molar-refractivity contribution in [3.8, 4) is 5.75 Å². The quantitative estimate of drug-likeness (QED) is 0.486. The van der Waals surface area contributed by atoms with Crippen LogP contribution in [0.5, 0.6) is 5.75 Å². The second kappa shape index (κ2) is 9.13. The van der Waals surface area contributed by atoms with Gasteiger partial charge in [0.2, 0.25) is 0 Å². The normalized spacial score (nSPS) is 11.2. The highest BCUT2D eigenvalue weighted by molar-refractivity contribution is 7.92. The van der Waals surface area contributed by atoms with E-state index in [4.69, 9.17) is 16.3 Å². The number of anilines is 1. The molecule has 0 aliphatic carbocycles. The molecule has 0 atom stereocenters. The largest absolute Gasteiger partial charge is 0.493 e. The Balaban J connectivity index is 2.03. The molecule has 0 radical (unpaired) electrons. The lowest BCUT2D eigenvalue weighted by molar-refractivity contribution is 0.314. The molecule has 0 spiro atoms. The first kappa shape index (κ1) is 20.2. The monoisotopic (exact) mass is 415 g/mol. The van der Waals surface area contributed by atoms with E-state index in [1.165, 1.54) is 16.4 Å². The van der Waals surface area contributed by atoms with Crippen molar-refractivity contribution in [2.24, 2.45) is 0 Å². The highest BCUT2D eigenvalue weighted by Gasteiger charge is 2.26. The van der Waals surface area contributed by atoms with E-state index in [-0.39, 0.29) is 11.4 Å². The van der Waals surface area contributed by atoms with Crippen LogP contribution in [0.4, 0.5) is 5.69 Å². The van der Waals surface area contributed by atoms with Crippen LogP contribution < -0.4 is 9.04 Å². The molecule has 0 aromatic heterocycles. The average Bonchev–Trinajstić information content (AvgIpc) is 2.72. The number of benzene rings is 3. The molecular weight excluding hydrogens is 394 g/mol. The van der Waals surface area contributed by atoms with Crippen LogP contribution in [0.3, 0.4) is 0 Å². The highest BCUT2D eigenvalue weighted by atomic mass is 35.5. The van der Waals surface area contributed by atoms with Crippen LogP contribution in [0.15, 0.2) is 83.8 Å². The molecule has 3 rings (SSSR count). The van der Waals surface area contributed by atoms with E-state index in [0.29, 0.717) is 23.1 Å². The van der Waals surface area contributed by atoms with Crippen LogP contribution in [0.1, 0.15) is 18.9 Å². The van der Waals surface area contributed by atoms with Crippen LogP contribution >= 0.6 is 11.6 Å². The first-order chi connectivity index (χ1) is 13.5. The summed E-state index contributed by atoms with van der Waals surface area (Å²) in [5, 5.41) is 0.489. The van der Waals surface area contributed by atoms with Crippen molar-refractivity contribution in [3.63, 3.8) is 0 Å². The Labute approximate surface area is 171 Å². The molecule has 0 aliphatic heterocycles. The lowest BCUT2D eigenvalue weighted by Crippen LogP contribution is -2.30. The van der Waals surface area contributed by atoms with E-state index < -0.39 is 10.0 Å². The standard InChI is InChI=1S/C22H22ClNO3S/c1-2-16-27-22-11-7-6-8-18(22)17-24(20-9-4-3-5-10-20)28(25,26)21-14-12-19(23)13-15-21/h3-15H,2,16-17H2,1H3. The van der Waals surface area contributed by atoms with E-state index in [2.05, 4.69) is 0 Å². The summed E-state index contributed by atoms with van der Waals surface area (Å²) < 4.78 is 34.0. The van der Waals surface area contributed by atoms with Gasteiger partial charge in [0.1, 0.15) is 5.75 Å². The number of halogens is 1. The number of nitrogens with zero attached hydrogens (tertiary/aromatic N) is 1. The zero-order valence-corrected chi connectivity index (χ0v) is 17.2. The number of rotatable bonds is 8. The van der Waals surface area contributed by atoms with Gasteiger partial charge in [0.05, 0.1) is 23.7 Å². The van der Waals surface area contributed by atoms with Crippen molar-refractivity contribution in [2.75, 3.05) is 10.9 Å². The second-order valence-corrected chi connectivity index (χ2v) is 8.56. The predicted molar refractivity (Wildman–Crippen MR) is 113 cm³/mol. The first-order valence-corrected chi connectivity index (χ1v) is 10.9. The minimum absolute atomic E-state index is 0.162. The highest BCUT2D eigenvalue weighted by Crippen LogP contribution is 2.29. The number of ether oxygens (including phenoxy) is 1. The molecule has 0 fully saturated rings. The maximum atomic E-state index is 13.4. The van der Waals surface area contributed by atoms with E-state index >= 15 is 0 Å². The van der Waals surface area contributed by atoms with Gasteiger partial charge in [-0.25, -0.2) is 8.42 Å². The minimum atomic E-state index is -3.79. The topological polar surface area (TPSA) is 46.6 Å². The zero-order chi connectivity index (χ0) is 20.0. The minimum Gasteiger partial charge on any atom is -0.493 e. The Morgan fingerprint density at radius 1 is 0.893 bits per heavy atom. The molecule has 0 N–H and O–H groups in total. The molecule has 3 aromatic rings. The van der Waals surface area contributed by atoms with Crippen LogP contribution in [-0.2, 0) is 16.6 Å². The zero-order valence-electron chi connectivity index (χ0n) is 15.6. The summed E-state index contributed by atoms with van der Waals surface area (Å²) in [5.74, 6) is 0.691. The molecule has 146 valence electrons. The van der Waals surface area contributed by atoms with Gasteiger partial charge in [-0.15, -0.1) is 0 Å². The third kappa shape index (κ3) is 4.66. The Kier molecular flexibility index (Phi) is 6.60. The molecular formula is C22H22ClNO3S. The Morgan fingerprint density at radius 3 is 2.21 bits per heavy atom. The molecule has 3 aromatic carbocycles. The number of hydrogen-bond acceptors (Lipinski definition) is 3. The third-order valence-electron chi connectivity index (χ3n) is 4.19. The molecule has 0 heterocycles. The molecule has 4 nitrogen and oxygen atoms in total. The third-order valence-corrected chi connectivity index (χ3v) is 6.23. The summed E-state index contributed by atoms with van der Waals surface area (Å²) in [6.45, 7) is 2.77. The van der Waals surface area contributed by atoms with Gasteiger partial charge in [0, 0.05) is 10.6 Å². The Hall–Kier alpha value is -2.50. The van der Waals surface area contributed by atoms with Crippen LogP contribution in [0.25, 0.3) is 0 Å². The summed E-state index contributed by atoms with van der Waals surface area (Å²) in [6.07, 6.45) is 0.875. The van der Waals surface area contributed by atoms with Crippen molar-refractivity contribution >= 4 is 27.3 Å². The summed E-state index contributed by atoms with van der Waals surface area (Å²) in [6, 6.07) is 22.8. The van der Waals surface area contributed by atoms with Gasteiger partial charge in [-0.05, 0) is 48.9 Å². The van der Waals surface area contributed by atoms with Gasteiger partial charge in [-0.2, -0.15) is 0 Å². The van der Waals surface area contributed by atoms with Crippen LogP contribution in [-0.4, -0.2) is 15.0 Å². The lowest BCUT2D eigenvalue weighted by atomic mass is 10.2.